The third-order valence-electron chi connectivity index (χ3n) is 6.45. The summed E-state index contributed by atoms with van der Waals surface area (Å²) in [6.07, 6.45) is 1.79. The maximum Gasteiger partial charge on any atom is 0.264 e. The van der Waals surface area contributed by atoms with Crippen molar-refractivity contribution < 1.29 is 4.74 Å². The molecule has 162 valence electrons. The van der Waals surface area contributed by atoms with Gasteiger partial charge in [-0.05, 0) is 31.9 Å². The van der Waals surface area contributed by atoms with Crippen LogP contribution in [0.1, 0.15) is 19.8 Å². The molecule has 2 aliphatic rings. The third-order valence-corrected chi connectivity index (χ3v) is 7.47. The van der Waals surface area contributed by atoms with Crippen molar-refractivity contribution in [3.8, 4) is 11.1 Å². The molecule has 0 aliphatic carbocycles. The van der Waals surface area contributed by atoms with E-state index in [-0.39, 0.29) is 44.5 Å². The smallest absolute Gasteiger partial charge is 0.264 e. The van der Waals surface area contributed by atoms with E-state index in [0.29, 0.717) is 36.2 Å². The molecule has 2 aromatic rings. The van der Waals surface area contributed by atoms with E-state index in [9.17, 15) is 4.79 Å². The van der Waals surface area contributed by atoms with Crippen LogP contribution in [0.4, 0.5) is 11.8 Å². The Kier molecular flexibility index (Phi) is 5.70. The first-order chi connectivity index (χ1) is 14.1. The van der Waals surface area contributed by atoms with E-state index in [4.69, 9.17) is 51.0 Å². The number of anilines is 2. The summed E-state index contributed by atoms with van der Waals surface area (Å²) in [6.45, 7) is 4.12. The van der Waals surface area contributed by atoms with Gasteiger partial charge < -0.3 is 21.1 Å². The fourth-order valence-corrected chi connectivity index (χ4v) is 5.20. The highest BCUT2D eigenvalue weighted by Gasteiger charge is 2.47. The Labute approximate surface area is 189 Å². The van der Waals surface area contributed by atoms with Crippen LogP contribution in [0.3, 0.4) is 0 Å². The quantitative estimate of drug-likeness (QED) is 0.651. The van der Waals surface area contributed by atoms with Crippen molar-refractivity contribution in [2.45, 2.75) is 31.9 Å². The van der Waals surface area contributed by atoms with Crippen LogP contribution >= 0.6 is 34.8 Å². The Morgan fingerprint density at radius 2 is 1.90 bits per heavy atom. The fraction of sp³-hybridized carbons (Fsp3) is 0.500. The van der Waals surface area contributed by atoms with Crippen LogP contribution in [-0.4, -0.2) is 41.4 Å². The Morgan fingerprint density at radius 1 is 1.23 bits per heavy atom. The van der Waals surface area contributed by atoms with E-state index < -0.39 is 0 Å². The number of hydrogen-bond acceptors (Lipinski definition) is 6. The molecule has 10 heteroatoms. The van der Waals surface area contributed by atoms with Gasteiger partial charge in [-0.25, -0.2) is 0 Å². The van der Waals surface area contributed by atoms with Crippen molar-refractivity contribution in [3.05, 3.63) is 37.6 Å². The molecule has 1 aromatic heterocycles. The summed E-state index contributed by atoms with van der Waals surface area (Å²) in [7, 11) is 1.67. The van der Waals surface area contributed by atoms with E-state index in [1.54, 1.807) is 13.1 Å². The van der Waals surface area contributed by atoms with Gasteiger partial charge >= 0.3 is 0 Å². The highest BCUT2D eigenvalue weighted by molar-refractivity contribution is 6.45. The maximum absolute atomic E-state index is 13.2. The van der Waals surface area contributed by atoms with Crippen molar-refractivity contribution in [2.75, 3.05) is 30.3 Å². The number of halogens is 3. The van der Waals surface area contributed by atoms with Gasteiger partial charge in [0.15, 0.2) is 0 Å². The molecule has 3 heterocycles. The largest absolute Gasteiger partial charge is 0.383 e. The number of piperidine rings is 1. The fourth-order valence-electron chi connectivity index (χ4n) is 4.51. The van der Waals surface area contributed by atoms with Crippen LogP contribution in [0.5, 0.6) is 0 Å². The van der Waals surface area contributed by atoms with Crippen molar-refractivity contribution in [1.29, 1.82) is 0 Å². The zero-order valence-corrected chi connectivity index (χ0v) is 19.1. The molecule has 0 bridgehead atoms. The van der Waals surface area contributed by atoms with Crippen LogP contribution in [-0.2, 0) is 11.8 Å². The number of hydrogen-bond donors (Lipinski definition) is 2. The third kappa shape index (κ3) is 3.46. The molecule has 7 nitrogen and oxygen atoms in total. The van der Waals surface area contributed by atoms with E-state index in [0.717, 1.165) is 12.8 Å². The van der Waals surface area contributed by atoms with Gasteiger partial charge in [-0.1, -0.05) is 34.8 Å². The van der Waals surface area contributed by atoms with Gasteiger partial charge in [0.25, 0.3) is 5.56 Å². The van der Waals surface area contributed by atoms with Gasteiger partial charge in [-0.2, -0.15) is 4.98 Å². The van der Waals surface area contributed by atoms with Crippen molar-refractivity contribution in [2.24, 2.45) is 18.2 Å². The predicted octanol–water partition coefficient (Wildman–Crippen LogP) is 3.32. The molecule has 2 aliphatic heterocycles. The van der Waals surface area contributed by atoms with Gasteiger partial charge in [0.05, 0.1) is 28.3 Å². The highest BCUT2D eigenvalue weighted by Crippen LogP contribution is 2.42. The maximum atomic E-state index is 13.2. The van der Waals surface area contributed by atoms with Crippen LogP contribution in [0.25, 0.3) is 11.1 Å². The molecule has 1 aromatic carbocycles. The molecule has 2 fully saturated rings. The number of nitrogens with two attached hydrogens (primary N) is 2. The van der Waals surface area contributed by atoms with Gasteiger partial charge in [0.1, 0.15) is 5.82 Å². The number of rotatable bonds is 2. The summed E-state index contributed by atoms with van der Waals surface area (Å²) in [5.74, 6) is 0.601. The lowest BCUT2D eigenvalue weighted by Crippen LogP contribution is -2.51. The van der Waals surface area contributed by atoms with E-state index in [1.807, 2.05) is 6.92 Å². The molecule has 1 spiro atoms. The number of benzene rings is 1. The predicted molar refractivity (Wildman–Crippen MR) is 122 cm³/mol. The summed E-state index contributed by atoms with van der Waals surface area (Å²) >= 11 is 18.6. The molecule has 30 heavy (non-hydrogen) atoms. The summed E-state index contributed by atoms with van der Waals surface area (Å²) < 4.78 is 7.28. The molecule has 2 saturated heterocycles. The van der Waals surface area contributed by atoms with Crippen molar-refractivity contribution >= 4 is 46.6 Å². The minimum atomic E-state index is -0.312. The normalized spacial score (nSPS) is 23.3. The minimum Gasteiger partial charge on any atom is -0.383 e. The Hall–Kier alpha value is -1.51. The zero-order chi connectivity index (χ0) is 21.8. The summed E-state index contributed by atoms with van der Waals surface area (Å²) in [5, 5.41) is 0.814. The second-order valence-electron chi connectivity index (χ2n) is 8.18. The average molecular weight is 473 g/mol. The number of nitrogens with zero attached hydrogens (tertiary/aromatic N) is 3. The lowest BCUT2D eigenvalue weighted by atomic mass is 9.73. The van der Waals surface area contributed by atoms with Crippen LogP contribution in [0.15, 0.2) is 16.9 Å². The summed E-state index contributed by atoms with van der Waals surface area (Å²) in [5.41, 5.74) is 12.8. The topological polar surface area (TPSA) is 99.4 Å². The number of nitrogen functional groups attached to an aromatic ring is 1. The molecule has 2 atom stereocenters. The highest BCUT2D eigenvalue weighted by atomic mass is 35.5. The standard InChI is InChI=1S/C20H24Cl3N5O2/c1-10-16(24)20(9-30-10)3-5-28(6-4-20)19-26-17(25)14(18(29)27(19)2)12-7-11(21)8-13(22)15(12)23/h7-8,10,16H,3-6,9,24-25H2,1-2H3/t10-,16+/m0/s1. The minimum absolute atomic E-state index is 0.0126. The van der Waals surface area contributed by atoms with Gasteiger partial charge in [0, 0.05) is 42.2 Å². The van der Waals surface area contributed by atoms with Crippen LogP contribution < -0.4 is 21.9 Å². The van der Waals surface area contributed by atoms with Crippen LogP contribution in [0.2, 0.25) is 15.1 Å². The number of ether oxygens (including phenoxy) is 1. The van der Waals surface area contributed by atoms with E-state index in [2.05, 4.69) is 9.88 Å². The van der Waals surface area contributed by atoms with Gasteiger partial charge in [0.2, 0.25) is 5.95 Å². The van der Waals surface area contributed by atoms with Crippen molar-refractivity contribution in [1.82, 2.24) is 9.55 Å². The summed E-state index contributed by atoms with van der Waals surface area (Å²) in [6, 6.07) is 3.09. The lowest BCUT2D eigenvalue weighted by Gasteiger charge is -2.41. The molecule has 4 N–H and O–H groups in total. The first kappa shape index (κ1) is 21.7. The average Bonchev–Trinajstić information content (AvgIpc) is 2.98. The second-order valence-corrected chi connectivity index (χ2v) is 9.40. The van der Waals surface area contributed by atoms with Crippen molar-refractivity contribution in [3.63, 3.8) is 0 Å². The Bertz CT molecular complexity index is 1050. The molecular weight excluding hydrogens is 449 g/mol. The molecule has 0 saturated carbocycles. The Morgan fingerprint density at radius 3 is 2.50 bits per heavy atom. The molecule has 0 radical (unpaired) electrons. The molecule has 4 rings (SSSR count). The van der Waals surface area contributed by atoms with Gasteiger partial charge in [-0.3, -0.25) is 9.36 Å². The Balaban J connectivity index is 1.68. The molecule has 0 amide bonds. The molecule has 0 unspecified atom stereocenters. The van der Waals surface area contributed by atoms with E-state index >= 15 is 0 Å². The van der Waals surface area contributed by atoms with E-state index in [1.165, 1.54) is 10.6 Å². The first-order valence-electron chi connectivity index (χ1n) is 9.78. The first-order valence-corrected chi connectivity index (χ1v) is 10.9. The lowest BCUT2D eigenvalue weighted by molar-refractivity contribution is 0.0973. The second kappa shape index (κ2) is 7.88. The monoisotopic (exact) mass is 471 g/mol. The molecular formula is C20H24Cl3N5O2. The SMILES string of the molecule is C[C@@H]1OCC2(CCN(c3nc(N)c(-c4cc(Cl)cc(Cl)c4Cl)c(=O)n3C)CC2)[C@@H]1N. The van der Waals surface area contributed by atoms with Gasteiger partial charge in [-0.15, -0.1) is 0 Å². The zero-order valence-electron chi connectivity index (χ0n) is 16.8. The van der Waals surface area contributed by atoms with Crippen LogP contribution in [0, 0.1) is 5.41 Å². The number of aromatic nitrogens is 2. The summed E-state index contributed by atoms with van der Waals surface area (Å²) in [4.78, 5) is 19.8.